The maximum absolute atomic E-state index is 13.2. The summed E-state index contributed by atoms with van der Waals surface area (Å²) in [6.45, 7) is 3.62. The minimum Gasteiger partial charge on any atom is -0.494 e. The van der Waals surface area contributed by atoms with Crippen molar-refractivity contribution in [2.45, 2.75) is 24.7 Å². The lowest BCUT2D eigenvalue weighted by Crippen LogP contribution is -2.33. The van der Waals surface area contributed by atoms with E-state index in [0.717, 1.165) is 44.5 Å². The fraction of sp³-hybridized carbons (Fsp3) is 0.391. The monoisotopic (exact) mass is 513 g/mol. The molecule has 1 amide bonds. The summed E-state index contributed by atoms with van der Waals surface area (Å²) in [4.78, 5) is 23.1. The second kappa shape index (κ2) is 12.7. The number of aryl methyl sites for hydroxylation is 1. The first-order valence-corrected chi connectivity index (χ1v) is 12.3. The second-order valence-corrected chi connectivity index (χ2v) is 10.1. The molecule has 0 atom stereocenters. The smallest absolute Gasteiger partial charge is 0.229 e. The summed E-state index contributed by atoms with van der Waals surface area (Å²) in [7, 11) is 5.73. The number of methoxy groups -OCH3 is 1. The molecule has 0 aliphatic heterocycles. The number of carbonyl (C=O) groups is 1. The first-order chi connectivity index (χ1) is 14.9. The SMILES string of the molecule is COc1ccc(C)c2sc(N(CCCN(C)C)C(=O)CCSc3ccc(Cl)cc3)nc12.Cl. The number of nitrogens with zero attached hydrogens (tertiary/aromatic N) is 3. The fourth-order valence-electron chi connectivity index (χ4n) is 3.17. The number of carbonyl (C=O) groups excluding carboxylic acids is 1. The van der Waals surface area contributed by atoms with Crippen molar-refractivity contribution in [3.63, 3.8) is 0 Å². The largest absolute Gasteiger partial charge is 0.494 e. The molecule has 5 nitrogen and oxygen atoms in total. The molecule has 3 rings (SSSR count). The van der Waals surface area contributed by atoms with E-state index in [0.29, 0.717) is 23.7 Å². The van der Waals surface area contributed by atoms with Crippen LogP contribution in [0.1, 0.15) is 18.4 Å². The van der Waals surface area contributed by atoms with Crippen molar-refractivity contribution in [3.8, 4) is 5.75 Å². The molecule has 0 aliphatic rings. The summed E-state index contributed by atoms with van der Waals surface area (Å²) in [6, 6.07) is 11.7. The third-order valence-corrected chi connectivity index (χ3v) is 7.31. The lowest BCUT2D eigenvalue weighted by Gasteiger charge is -2.21. The van der Waals surface area contributed by atoms with Gasteiger partial charge in [0, 0.05) is 28.6 Å². The summed E-state index contributed by atoms with van der Waals surface area (Å²) in [5.74, 6) is 1.54. The van der Waals surface area contributed by atoms with Crippen LogP contribution < -0.4 is 9.64 Å². The summed E-state index contributed by atoms with van der Waals surface area (Å²) < 4.78 is 6.56. The van der Waals surface area contributed by atoms with E-state index in [-0.39, 0.29) is 18.3 Å². The Labute approximate surface area is 209 Å². The van der Waals surface area contributed by atoms with Crippen LogP contribution >= 0.6 is 47.1 Å². The van der Waals surface area contributed by atoms with Gasteiger partial charge in [-0.25, -0.2) is 4.98 Å². The molecule has 0 aliphatic carbocycles. The number of rotatable bonds is 10. The Morgan fingerprint density at radius 1 is 1.16 bits per heavy atom. The van der Waals surface area contributed by atoms with Crippen molar-refractivity contribution in [1.29, 1.82) is 0 Å². The van der Waals surface area contributed by atoms with Gasteiger partial charge in [-0.05, 0) is 69.9 Å². The molecular formula is C23H29Cl2N3O2S2. The molecule has 0 fully saturated rings. The van der Waals surface area contributed by atoms with Crippen LogP contribution in [-0.2, 0) is 4.79 Å². The molecule has 1 aromatic heterocycles. The lowest BCUT2D eigenvalue weighted by atomic mass is 10.2. The third-order valence-electron chi connectivity index (χ3n) is 4.83. The molecule has 0 bridgehead atoms. The van der Waals surface area contributed by atoms with Crippen LogP contribution in [0.4, 0.5) is 5.13 Å². The molecular weight excluding hydrogens is 485 g/mol. The Morgan fingerprint density at radius 3 is 2.53 bits per heavy atom. The van der Waals surface area contributed by atoms with Crippen molar-refractivity contribution in [2.24, 2.45) is 0 Å². The molecule has 0 unspecified atom stereocenters. The quantitative estimate of drug-likeness (QED) is 0.304. The highest BCUT2D eigenvalue weighted by Gasteiger charge is 2.21. The summed E-state index contributed by atoms with van der Waals surface area (Å²) in [5, 5.41) is 1.46. The van der Waals surface area contributed by atoms with Crippen molar-refractivity contribution in [1.82, 2.24) is 9.88 Å². The molecule has 174 valence electrons. The van der Waals surface area contributed by atoms with Gasteiger partial charge in [-0.3, -0.25) is 9.69 Å². The standard InChI is InChI=1S/C23H28ClN3O2S2.ClH/c1-16-6-11-19(29-4)21-22(16)31-23(25-21)27(14-5-13-26(2)3)20(28)12-15-30-18-9-7-17(24)8-10-18;/h6-11H,5,12-15H2,1-4H3;1H. The van der Waals surface area contributed by atoms with E-state index in [9.17, 15) is 4.79 Å². The molecule has 2 aromatic carbocycles. The van der Waals surface area contributed by atoms with Gasteiger partial charge in [-0.15, -0.1) is 24.2 Å². The molecule has 0 saturated carbocycles. The molecule has 0 radical (unpaired) electrons. The molecule has 9 heteroatoms. The molecule has 0 N–H and O–H groups in total. The van der Waals surface area contributed by atoms with Crippen LogP contribution in [0, 0.1) is 6.92 Å². The number of anilines is 1. The van der Waals surface area contributed by atoms with Crippen molar-refractivity contribution >= 4 is 68.4 Å². The van der Waals surface area contributed by atoms with E-state index in [1.807, 2.05) is 55.4 Å². The zero-order valence-electron chi connectivity index (χ0n) is 18.8. The maximum Gasteiger partial charge on any atom is 0.229 e. The Bertz CT molecular complexity index is 1030. The van der Waals surface area contributed by atoms with Crippen molar-refractivity contribution in [2.75, 3.05) is 44.9 Å². The van der Waals surface area contributed by atoms with Gasteiger partial charge in [0.15, 0.2) is 5.13 Å². The second-order valence-electron chi connectivity index (χ2n) is 7.51. The Hall–Kier alpha value is -1.51. The number of fused-ring (bicyclic) bond motifs is 1. The van der Waals surface area contributed by atoms with Gasteiger partial charge in [0.25, 0.3) is 0 Å². The minimum absolute atomic E-state index is 0. The first kappa shape index (κ1) is 26.7. The molecule has 0 spiro atoms. The average molecular weight is 515 g/mol. The van der Waals surface area contributed by atoms with Crippen molar-refractivity contribution < 1.29 is 9.53 Å². The van der Waals surface area contributed by atoms with Gasteiger partial charge >= 0.3 is 0 Å². The van der Waals surface area contributed by atoms with Gasteiger partial charge in [0.2, 0.25) is 5.91 Å². The number of ether oxygens (including phenoxy) is 1. The Kier molecular flexibility index (Phi) is 10.6. The number of thiazole rings is 1. The number of thioether (sulfide) groups is 1. The van der Waals surface area contributed by atoms with Crippen molar-refractivity contribution in [3.05, 3.63) is 47.0 Å². The van der Waals surface area contributed by atoms with Crippen LogP contribution in [0.3, 0.4) is 0 Å². The highest BCUT2D eigenvalue weighted by Crippen LogP contribution is 2.36. The van der Waals surface area contributed by atoms with Gasteiger partial charge in [-0.2, -0.15) is 0 Å². The molecule has 3 aromatic rings. The van der Waals surface area contributed by atoms with E-state index >= 15 is 0 Å². The molecule has 32 heavy (non-hydrogen) atoms. The number of amides is 1. The number of halogens is 2. The molecule has 1 heterocycles. The van der Waals surface area contributed by atoms with Crippen LogP contribution in [-0.4, -0.2) is 55.8 Å². The van der Waals surface area contributed by atoms with Gasteiger partial charge < -0.3 is 9.64 Å². The summed E-state index contributed by atoms with van der Waals surface area (Å²) in [6.07, 6.45) is 1.33. The van der Waals surface area contributed by atoms with Gasteiger partial charge in [-0.1, -0.05) is 29.0 Å². The number of aromatic nitrogens is 1. The van der Waals surface area contributed by atoms with Gasteiger partial charge in [0.1, 0.15) is 11.3 Å². The highest BCUT2D eigenvalue weighted by atomic mass is 35.5. The average Bonchev–Trinajstić information content (AvgIpc) is 3.18. The number of hydrogen-bond donors (Lipinski definition) is 0. The zero-order valence-corrected chi connectivity index (χ0v) is 22.0. The van der Waals surface area contributed by atoms with Gasteiger partial charge in [0.05, 0.1) is 11.8 Å². The lowest BCUT2D eigenvalue weighted by molar-refractivity contribution is -0.118. The predicted molar refractivity (Wildman–Crippen MR) is 140 cm³/mol. The van der Waals surface area contributed by atoms with E-state index in [1.165, 1.54) is 0 Å². The maximum atomic E-state index is 13.2. The van der Waals surface area contributed by atoms with E-state index in [4.69, 9.17) is 21.3 Å². The van der Waals surface area contributed by atoms with Crippen LogP contribution in [0.2, 0.25) is 5.02 Å². The summed E-state index contributed by atoms with van der Waals surface area (Å²) >= 11 is 9.17. The predicted octanol–water partition coefficient (Wildman–Crippen LogP) is 6.16. The zero-order chi connectivity index (χ0) is 22.4. The van der Waals surface area contributed by atoms with E-state index < -0.39 is 0 Å². The Balaban J connectivity index is 0.00000363. The topological polar surface area (TPSA) is 45.7 Å². The number of hydrogen-bond acceptors (Lipinski definition) is 6. The Morgan fingerprint density at radius 2 is 1.88 bits per heavy atom. The van der Waals surface area contributed by atoms with E-state index in [1.54, 1.807) is 30.2 Å². The minimum atomic E-state index is 0. The summed E-state index contributed by atoms with van der Waals surface area (Å²) in [5.41, 5.74) is 1.96. The normalized spacial score (nSPS) is 10.9. The third kappa shape index (κ3) is 6.99. The van der Waals surface area contributed by atoms with Crippen LogP contribution in [0.5, 0.6) is 5.75 Å². The van der Waals surface area contributed by atoms with Crippen LogP contribution in [0.15, 0.2) is 41.3 Å². The highest BCUT2D eigenvalue weighted by molar-refractivity contribution is 7.99. The van der Waals surface area contributed by atoms with E-state index in [2.05, 4.69) is 11.8 Å². The fourth-order valence-corrected chi connectivity index (χ4v) is 5.23. The number of benzene rings is 2. The first-order valence-electron chi connectivity index (χ1n) is 10.2. The molecule has 0 saturated heterocycles. The van der Waals surface area contributed by atoms with Crippen LogP contribution in [0.25, 0.3) is 10.2 Å².